The molecule has 0 saturated carbocycles. The Labute approximate surface area is 400 Å². The minimum absolute atomic E-state index is 0.00124. The molecule has 11 N–H and O–H groups in total. The van der Waals surface area contributed by atoms with E-state index in [0.29, 0.717) is 11.1 Å². The smallest absolute Gasteiger partial charge is 0.335 e. The highest BCUT2D eigenvalue weighted by molar-refractivity contribution is 5.97. The molecule has 2 aromatic carbocycles. The highest BCUT2D eigenvalue weighted by Gasteiger charge is 2.48. The van der Waals surface area contributed by atoms with Gasteiger partial charge in [-0.25, -0.2) is 10.7 Å². The van der Waals surface area contributed by atoms with E-state index in [4.69, 9.17) is 48.5 Å². The van der Waals surface area contributed by atoms with Gasteiger partial charge < -0.3 is 98.7 Å². The predicted octanol–water partition coefficient (Wildman–Crippen LogP) is -4.17. The average molecular weight is 1000 g/mol. The number of aliphatic hydroxyl groups excluding tert-OH is 6. The van der Waals surface area contributed by atoms with Gasteiger partial charge in [-0.15, -0.1) is 0 Å². The minimum Gasteiger partial charge on any atom is -0.479 e. The molecule has 0 spiro atoms. The topological polar surface area (TPSA) is 390 Å². The molecular weight excluding hydrogens is 940 g/mol. The molecule has 2 aliphatic heterocycles. The van der Waals surface area contributed by atoms with Gasteiger partial charge >= 0.3 is 17.9 Å². The second-order valence-corrected chi connectivity index (χ2v) is 15.5. The van der Waals surface area contributed by atoms with Crippen LogP contribution in [0, 0.1) is 0 Å². The number of aliphatic hydroxyl groups is 6. The first kappa shape index (κ1) is 56.9. The molecule has 27 heteroatoms. The number of nitrogens with two attached hydrogens (primary N) is 1. The first-order chi connectivity index (χ1) is 33.4. The molecule has 2 heterocycles. The van der Waals surface area contributed by atoms with Crippen molar-refractivity contribution < 1.29 is 112 Å². The maximum Gasteiger partial charge on any atom is 0.335 e. The lowest BCUT2D eigenvalue weighted by Crippen LogP contribution is -2.61. The third-order valence-electron chi connectivity index (χ3n) is 10.2. The van der Waals surface area contributed by atoms with Crippen LogP contribution in [0.1, 0.15) is 45.7 Å². The molecule has 2 aliphatic rings. The van der Waals surface area contributed by atoms with E-state index < -0.39 is 90.9 Å². The third kappa shape index (κ3) is 17.6. The molecule has 2 fully saturated rings. The Morgan fingerprint density at radius 1 is 0.657 bits per heavy atom. The van der Waals surface area contributed by atoms with Crippen LogP contribution in [0.5, 0.6) is 11.5 Å². The summed E-state index contributed by atoms with van der Waals surface area (Å²) >= 11 is 0. The summed E-state index contributed by atoms with van der Waals surface area (Å²) in [4.78, 5) is 80.1. The van der Waals surface area contributed by atoms with Gasteiger partial charge in [0.1, 0.15) is 67.9 Å². The number of hydrogen-bond donors (Lipinski definition) is 10. The lowest BCUT2D eigenvalue weighted by atomic mass is 9.99. The Bertz CT molecular complexity index is 2050. The number of benzene rings is 2. The third-order valence-corrected chi connectivity index (χ3v) is 10.2. The number of nitrogens with one attached hydrogen (secondary N) is 2. The number of carbonyl (C=O) groups is 6. The molecule has 0 aromatic heterocycles. The van der Waals surface area contributed by atoms with Crippen molar-refractivity contribution >= 4 is 35.6 Å². The van der Waals surface area contributed by atoms with Crippen molar-refractivity contribution in [3.63, 3.8) is 0 Å². The quantitative estimate of drug-likeness (QED) is 0.0220. The summed E-state index contributed by atoms with van der Waals surface area (Å²) in [6.07, 6.45) is -15.7. The highest BCUT2D eigenvalue weighted by atomic mass is 16.7. The number of aliphatic carboxylic acids is 1. The van der Waals surface area contributed by atoms with Crippen molar-refractivity contribution in [2.24, 2.45) is 5.90 Å². The van der Waals surface area contributed by atoms with Gasteiger partial charge in [0.2, 0.25) is 18.5 Å². The fourth-order valence-electron chi connectivity index (χ4n) is 6.48. The molecule has 2 aromatic rings. The van der Waals surface area contributed by atoms with Crippen LogP contribution in [0.25, 0.3) is 0 Å². The molecule has 0 radical (unpaired) electrons. The molecule has 0 unspecified atom stereocenters. The van der Waals surface area contributed by atoms with Gasteiger partial charge in [0.15, 0.2) is 6.10 Å². The van der Waals surface area contributed by atoms with Crippen molar-refractivity contribution in [3.05, 3.63) is 58.7 Å². The first-order valence-corrected chi connectivity index (χ1v) is 21.7. The molecule has 27 nitrogen and oxygen atoms in total. The van der Waals surface area contributed by atoms with Gasteiger partial charge in [-0.2, -0.15) is 0 Å². The Morgan fingerprint density at radius 3 is 1.67 bits per heavy atom. The monoisotopic (exact) mass is 1000 g/mol. The first-order valence-electron chi connectivity index (χ1n) is 21.7. The highest BCUT2D eigenvalue weighted by Crippen LogP contribution is 2.29. The number of rotatable bonds is 28. The predicted molar refractivity (Wildman–Crippen MR) is 231 cm³/mol. The summed E-state index contributed by atoms with van der Waals surface area (Å²) in [6, 6.07) is 8.32. The second-order valence-electron chi connectivity index (χ2n) is 15.5. The van der Waals surface area contributed by atoms with Crippen LogP contribution in [0.3, 0.4) is 0 Å². The fraction of sp³-hybridized carbons (Fsp3) is 0.581. The fourth-order valence-corrected chi connectivity index (χ4v) is 6.48. The van der Waals surface area contributed by atoms with Crippen molar-refractivity contribution in [3.8, 4) is 11.5 Å². The summed E-state index contributed by atoms with van der Waals surface area (Å²) in [6.45, 7) is 1.29. The molecular formula is C43H60N4O23. The molecule has 4 rings (SSSR count). The number of ether oxygens (including phenoxy) is 9. The van der Waals surface area contributed by atoms with Crippen LogP contribution < -0.4 is 26.0 Å². The van der Waals surface area contributed by atoms with Crippen LogP contribution in [0.2, 0.25) is 0 Å². The van der Waals surface area contributed by atoms with Crippen molar-refractivity contribution in [2.75, 3.05) is 79.0 Å². The number of nitrogens with zero attached hydrogens (tertiary/aromatic N) is 1. The van der Waals surface area contributed by atoms with Gasteiger partial charge in [0.25, 0.3) is 11.8 Å². The van der Waals surface area contributed by atoms with E-state index in [1.54, 1.807) is 0 Å². The summed E-state index contributed by atoms with van der Waals surface area (Å²) in [5.74, 6) is 0.130. The maximum absolute atomic E-state index is 13.4. The van der Waals surface area contributed by atoms with Crippen molar-refractivity contribution in [1.29, 1.82) is 0 Å². The number of carboxylic acids is 1. The number of carbonyl (C=O) groups excluding carboxylic acids is 5. The standard InChI is InChI=1S/C43H60N4O23/c1-23(48)64-19-25-3-5-30(68-42-36(55)33(52)29(50)21-66-42)27(17-25)39(57)45-7-11-61-13-9-47(32(51)22-63-15-16-67-44)10-14-62-12-8-46-40(58)28-18-26(20-65-24(2)49)4-6-31(28)69-43-37(56)34(53)35(54)38(70-43)41(59)60/h3-6,17-18,29,33-38,42-43,50,52-56H,7-16,19-22,44H2,1-2H3,(H,45,57)(H,46,58)(H,59,60)/t29-,33+,34+,35+,36-,37-,38+,42+,43-/m1/s1. The van der Waals surface area contributed by atoms with E-state index in [2.05, 4.69) is 15.5 Å². The normalized spacial score (nSPS) is 23.1. The number of hydrogen-bond acceptors (Lipinski definition) is 23. The van der Waals surface area contributed by atoms with Crippen LogP contribution in [0.15, 0.2) is 36.4 Å². The Kier molecular flexibility index (Phi) is 23.5. The van der Waals surface area contributed by atoms with E-state index in [1.807, 2.05) is 0 Å². The van der Waals surface area contributed by atoms with Crippen molar-refractivity contribution in [1.82, 2.24) is 15.5 Å². The molecule has 0 bridgehead atoms. The molecule has 0 aliphatic carbocycles. The van der Waals surface area contributed by atoms with E-state index in [0.717, 1.165) is 0 Å². The average Bonchev–Trinajstić information content (AvgIpc) is 3.33. The Morgan fingerprint density at radius 2 is 1.17 bits per heavy atom. The zero-order valence-corrected chi connectivity index (χ0v) is 38.2. The van der Waals surface area contributed by atoms with Gasteiger partial charge in [-0.05, 0) is 35.4 Å². The summed E-state index contributed by atoms with van der Waals surface area (Å²) in [5.41, 5.74) is 0.583. The summed E-state index contributed by atoms with van der Waals surface area (Å²) < 4.78 is 48.6. The van der Waals surface area contributed by atoms with Gasteiger partial charge in [-0.1, -0.05) is 12.1 Å². The lowest BCUT2D eigenvalue weighted by Gasteiger charge is -2.38. The van der Waals surface area contributed by atoms with Gasteiger partial charge in [0, 0.05) is 40.0 Å². The SMILES string of the molecule is CC(=O)OCc1ccc(O[C@@H]2O[C@H](C(=O)O)[C@@H](O)[C@H](O)[C@H]2O)c(C(=O)NCCOCCN(CCOCCNC(=O)c2cc(COC(C)=O)ccc2O[C@@H]2OC[C@@H](O)[C@H](O)[C@H]2O)C(=O)COCCON)c1. The van der Waals surface area contributed by atoms with E-state index in [-0.39, 0.29) is 115 Å². The molecule has 3 amide bonds. The maximum atomic E-state index is 13.4. The number of carboxylic acid groups (broad SMARTS) is 1. The van der Waals surface area contributed by atoms with E-state index >= 15 is 0 Å². The van der Waals surface area contributed by atoms with Crippen LogP contribution in [-0.4, -0.2) is 211 Å². The Hall–Kier alpha value is -5.66. The Balaban J connectivity index is 1.29. The minimum atomic E-state index is -1.98. The van der Waals surface area contributed by atoms with Gasteiger partial charge in [0.05, 0.1) is 57.4 Å². The van der Waals surface area contributed by atoms with E-state index in [9.17, 15) is 64.5 Å². The van der Waals surface area contributed by atoms with Crippen LogP contribution in [-0.2, 0) is 70.4 Å². The molecule has 70 heavy (non-hydrogen) atoms. The second kappa shape index (κ2) is 28.9. The van der Waals surface area contributed by atoms with E-state index in [1.165, 1.54) is 55.1 Å². The summed E-state index contributed by atoms with van der Waals surface area (Å²) in [7, 11) is 0. The molecule has 2 saturated heterocycles. The number of amides is 3. The lowest BCUT2D eigenvalue weighted by molar-refractivity contribution is -0.271. The zero-order chi connectivity index (χ0) is 51.3. The van der Waals surface area contributed by atoms with Gasteiger partial charge in [-0.3, -0.25) is 24.0 Å². The molecule has 390 valence electrons. The number of esters is 2. The van der Waals surface area contributed by atoms with Crippen molar-refractivity contribution in [2.45, 2.75) is 82.4 Å². The molecule has 9 atom stereocenters. The largest absolute Gasteiger partial charge is 0.479 e. The van der Waals surface area contributed by atoms with Crippen LogP contribution >= 0.6 is 0 Å². The zero-order valence-electron chi connectivity index (χ0n) is 38.2. The summed E-state index contributed by atoms with van der Waals surface area (Å²) in [5, 5.41) is 75.7. The van der Waals surface area contributed by atoms with Crippen LogP contribution in [0.4, 0.5) is 0 Å².